The summed E-state index contributed by atoms with van der Waals surface area (Å²) in [4.78, 5) is 38.9. The lowest BCUT2D eigenvalue weighted by Gasteiger charge is -2.14. The molecular formula is C18H23N3O5S. The number of hydrogen-bond donors (Lipinski definition) is 2. The number of anilines is 1. The topological polar surface area (TPSA) is 101 Å². The third kappa shape index (κ3) is 5.18. The summed E-state index contributed by atoms with van der Waals surface area (Å²) >= 11 is 1.05. The summed E-state index contributed by atoms with van der Waals surface area (Å²) in [5, 5.41) is 5.57. The third-order valence-corrected chi connectivity index (χ3v) is 4.94. The van der Waals surface area contributed by atoms with Crippen LogP contribution in [0.25, 0.3) is 0 Å². The van der Waals surface area contributed by atoms with Crippen LogP contribution in [0.1, 0.15) is 38.3 Å². The van der Waals surface area contributed by atoms with E-state index in [1.165, 1.54) is 7.05 Å². The number of furan rings is 1. The lowest BCUT2D eigenvalue weighted by molar-refractivity contribution is -0.117. The van der Waals surface area contributed by atoms with Gasteiger partial charge in [-0.05, 0) is 38.6 Å². The largest absolute Gasteiger partial charge is 0.468 e. The molecule has 9 heteroatoms. The Morgan fingerprint density at radius 1 is 1.33 bits per heavy atom. The molecule has 27 heavy (non-hydrogen) atoms. The molecule has 0 aliphatic carbocycles. The normalized spacial score (nSPS) is 10.7. The van der Waals surface area contributed by atoms with Crippen molar-refractivity contribution in [1.82, 2.24) is 10.2 Å². The van der Waals surface area contributed by atoms with Crippen LogP contribution in [0.15, 0.2) is 22.8 Å². The molecule has 2 heterocycles. The lowest BCUT2D eigenvalue weighted by atomic mass is 10.1. The minimum Gasteiger partial charge on any atom is -0.468 e. The van der Waals surface area contributed by atoms with Gasteiger partial charge < -0.3 is 19.8 Å². The number of rotatable bonds is 8. The first-order valence-corrected chi connectivity index (χ1v) is 9.22. The second-order valence-electron chi connectivity index (χ2n) is 5.86. The number of likely N-dealkylation sites (N-methyl/N-ethyl adjacent to an activating group) is 1. The number of ether oxygens (including phenoxy) is 1. The Morgan fingerprint density at radius 2 is 2.07 bits per heavy atom. The number of hydrogen-bond acceptors (Lipinski definition) is 7. The monoisotopic (exact) mass is 393 g/mol. The zero-order valence-corrected chi connectivity index (χ0v) is 16.6. The molecule has 0 aliphatic heterocycles. The Hall–Kier alpha value is -2.65. The number of nitrogens with zero attached hydrogens (tertiary/aromatic N) is 1. The van der Waals surface area contributed by atoms with E-state index in [0.29, 0.717) is 22.0 Å². The fourth-order valence-corrected chi connectivity index (χ4v) is 3.67. The maximum absolute atomic E-state index is 12.4. The van der Waals surface area contributed by atoms with Gasteiger partial charge in [0.15, 0.2) is 0 Å². The third-order valence-electron chi connectivity index (χ3n) is 3.73. The molecule has 146 valence electrons. The second kappa shape index (κ2) is 9.33. The van der Waals surface area contributed by atoms with E-state index < -0.39 is 5.97 Å². The number of thiophene rings is 1. The van der Waals surface area contributed by atoms with Gasteiger partial charge in [0, 0.05) is 7.05 Å². The summed E-state index contributed by atoms with van der Waals surface area (Å²) in [6.07, 6.45) is 1.57. The number of esters is 1. The summed E-state index contributed by atoms with van der Waals surface area (Å²) < 4.78 is 10.3. The van der Waals surface area contributed by atoms with E-state index in [1.54, 1.807) is 38.1 Å². The Morgan fingerprint density at radius 3 is 2.67 bits per heavy atom. The summed E-state index contributed by atoms with van der Waals surface area (Å²) in [6.45, 7) is 4.11. The van der Waals surface area contributed by atoms with Crippen molar-refractivity contribution in [1.29, 1.82) is 0 Å². The molecule has 0 atom stereocenters. The Kier molecular flexibility index (Phi) is 7.14. The van der Waals surface area contributed by atoms with Crippen molar-refractivity contribution in [3.63, 3.8) is 0 Å². The van der Waals surface area contributed by atoms with Gasteiger partial charge in [-0.15, -0.1) is 11.3 Å². The van der Waals surface area contributed by atoms with Crippen molar-refractivity contribution < 1.29 is 23.5 Å². The number of amides is 2. The molecule has 8 nitrogen and oxygen atoms in total. The van der Waals surface area contributed by atoms with Crippen LogP contribution in [-0.2, 0) is 16.1 Å². The van der Waals surface area contributed by atoms with Gasteiger partial charge in [-0.2, -0.15) is 0 Å². The highest BCUT2D eigenvalue weighted by molar-refractivity contribution is 7.18. The SMILES string of the molecule is CCOC(=O)c1c(NC(=O)CN(C)Cc2ccco2)sc(C(=O)NC)c1C. The standard InChI is InChI=1S/C18H23N3O5S/c1-5-25-18(24)14-11(2)15(16(23)19-3)27-17(14)20-13(22)10-21(4)9-12-7-6-8-26-12/h6-8H,5,9-10H2,1-4H3,(H,19,23)(H,20,22). The van der Waals surface area contributed by atoms with Crippen LogP contribution >= 0.6 is 11.3 Å². The fraction of sp³-hybridized carbons (Fsp3) is 0.389. The van der Waals surface area contributed by atoms with E-state index in [2.05, 4.69) is 10.6 Å². The molecule has 0 fully saturated rings. The van der Waals surface area contributed by atoms with Crippen LogP contribution in [0.4, 0.5) is 5.00 Å². The van der Waals surface area contributed by atoms with E-state index in [0.717, 1.165) is 17.1 Å². The average Bonchev–Trinajstić information content (AvgIpc) is 3.22. The molecule has 2 aromatic heterocycles. The maximum atomic E-state index is 12.4. The zero-order chi connectivity index (χ0) is 20.0. The molecule has 0 bridgehead atoms. The van der Waals surface area contributed by atoms with E-state index >= 15 is 0 Å². The average molecular weight is 393 g/mol. The molecule has 2 N–H and O–H groups in total. The maximum Gasteiger partial charge on any atom is 0.341 e. The van der Waals surface area contributed by atoms with Crippen molar-refractivity contribution in [3.05, 3.63) is 40.2 Å². The van der Waals surface area contributed by atoms with Gasteiger partial charge in [-0.3, -0.25) is 14.5 Å². The van der Waals surface area contributed by atoms with Crippen LogP contribution in [0, 0.1) is 6.92 Å². The van der Waals surface area contributed by atoms with Crippen molar-refractivity contribution in [2.45, 2.75) is 20.4 Å². The smallest absolute Gasteiger partial charge is 0.341 e. The molecule has 2 rings (SSSR count). The number of carbonyl (C=O) groups excluding carboxylic acids is 3. The Bertz CT molecular complexity index is 813. The molecular weight excluding hydrogens is 370 g/mol. The highest BCUT2D eigenvalue weighted by Crippen LogP contribution is 2.33. The van der Waals surface area contributed by atoms with Gasteiger partial charge in [0.05, 0.1) is 36.4 Å². The van der Waals surface area contributed by atoms with Crippen LogP contribution in [0.3, 0.4) is 0 Å². The predicted molar refractivity (Wildman–Crippen MR) is 102 cm³/mol. The van der Waals surface area contributed by atoms with Crippen molar-refractivity contribution in [2.24, 2.45) is 0 Å². The van der Waals surface area contributed by atoms with Gasteiger partial charge in [-0.1, -0.05) is 0 Å². The molecule has 0 spiro atoms. The molecule has 0 saturated carbocycles. The first-order valence-electron chi connectivity index (χ1n) is 8.40. The van der Waals surface area contributed by atoms with E-state index in [9.17, 15) is 14.4 Å². The summed E-state index contributed by atoms with van der Waals surface area (Å²) in [6, 6.07) is 3.61. The van der Waals surface area contributed by atoms with Gasteiger partial charge >= 0.3 is 5.97 Å². The Balaban J connectivity index is 2.16. The second-order valence-corrected chi connectivity index (χ2v) is 6.88. The Labute approximate surface area is 161 Å². The lowest BCUT2D eigenvalue weighted by Crippen LogP contribution is -2.30. The molecule has 2 amide bonds. The predicted octanol–water partition coefficient (Wildman–Crippen LogP) is 2.26. The van der Waals surface area contributed by atoms with E-state index in [4.69, 9.17) is 9.15 Å². The van der Waals surface area contributed by atoms with E-state index in [-0.39, 0.29) is 30.5 Å². The zero-order valence-electron chi connectivity index (χ0n) is 15.8. The van der Waals surface area contributed by atoms with Crippen LogP contribution < -0.4 is 10.6 Å². The van der Waals surface area contributed by atoms with Gasteiger partial charge in [0.1, 0.15) is 10.8 Å². The summed E-state index contributed by atoms with van der Waals surface area (Å²) in [7, 11) is 3.29. The summed E-state index contributed by atoms with van der Waals surface area (Å²) in [5.74, 6) is -0.454. The van der Waals surface area contributed by atoms with Crippen LogP contribution in [0.5, 0.6) is 0 Å². The minimum atomic E-state index is -0.569. The number of nitrogens with one attached hydrogen (secondary N) is 2. The minimum absolute atomic E-state index is 0.0925. The van der Waals surface area contributed by atoms with Crippen LogP contribution in [0.2, 0.25) is 0 Å². The first kappa shape index (κ1) is 20.7. The van der Waals surface area contributed by atoms with Crippen molar-refractivity contribution >= 4 is 34.1 Å². The summed E-state index contributed by atoms with van der Waals surface area (Å²) in [5.41, 5.74) is 0.694. The quantitative estimate of drug-likeness (QED) is 0.667. The molecule has 0 saturated heterocycles. The van der Waals surface area contributed by atoms with Crippen LogP contribution in [-0.4, -0.2) is 49.9 Å². The van der Waals surface area contributed by atoms with Crippen molar-refractivity contribution in [3.8, 4) is 0 Å². The fourth-order valence-electron chi connectivity index (χ4n) is 2.52. The highest BCUT2D eigenvalue weighted by atomic mass is 32.1. The van der Waals surface area contributed by atoms with Gasteiger partial charge in [0.2, 0.25) is 5.91 Å². The molecule has 0 radical (unpaired) electrons. The molecule has 2 aromatic rings. The van der Waals surface area contributed by atoms with Crippen molar-refractivity contribution in [2.75, 3.05) is 32.6 Å². The first-order chi connectivity index (χ1) is 12.9. The van der Waals surface area contributed by atoms with Gasteiger partial charge in [-0.25, -0.2) is 4.79 Å². The van der Waals surface area contributed by atoms with Gasteiger partial charge in [0.25, 0.3) is 5.91 Å². The number of carbonyl (C=O) groups is 3. The molecule has 0 aliphatic rings. The molecule has 0 unspecified atom stereocenters. The molecule has 0 aromatic carbocycles. The highest BCUT2D eigenvalue weighted by Gasteiger charge is 2.26. The van der Waals surface area contributed by atoms with E-state index in [1.807, 2.05) is 6.07 Å².